The zero-order valence-corrected chi connectivity index (χ0v) is 13.4. The molecule has 0 aromatic carbocycles. The van der Waals surface area contributed by atoms with Crippen molar-refractivity contribution in [3.05, 3.63) is 28.0 Å². The summed E-state index contributed by atoms with van der Waals surface area (Å²) >= 11 is 1.48. The zero-order valence-electron chi connectivity index (χ0n) is 11.8. The lowest BCUT2D eigenvalue weighted by Crippen LogP contribution is -2.25. The van der Waals surface area contributed by atoms with Gasteiger partial charge in [0.1, 0.15) is 12.2 Å². The molecule has 0 amide bonds. The van der Waals surface area contributed by atoms with E-state index in [0.29, 0.717) is 10.7 Å². The van der Waals surface area contributed by atoms with Gasteiger partial charge in [0.25, 0.3) is 0 Å². The molecule has 2 aromatic heterocycles. The molecule has 0 spiro atoms. The van der Waals surface area contributed by atoms with Crippen LogP contribution in [0.3, 0.4) is 0 Å². The minimum absolute atomic E-state index is 0.149. The molecule has 2 aromatic rings. The average Bonchev–Trinajstić information content (AvgIpc) is 2.94. The van der Waals surface area contributed by atoms with E-state index in [1.165, 1.54) is 11.3 Å². The van der Waals surface area contributed by atoms with Crippen molar-refractivity contribution < 1.29 is 8.42 Å². The molecule has 6 nitrogen and oxygen atoms in total. The van der Waals surface area contributed by atoms with Crippen LogP contribution < -0.4 is 4.72 Å². The number of hydrogen-bond acceptors (Lipinski definition) is 5. The van der Waals surface area contributed by atoms with Gasteiger partial charge in [-0.05, 0) is 26.3 Å². The largest absolute Gasteiger partial charge is 0.316 e. The Labute approximate surface area is 122 Å². The van der Waals surface area contributed by atoms with Crippen molar-refractivity contribution in [2.45, 2.75) is 45.2 Å². The van der Waals surface area contributed by atoms with Crippen LogP contribution in [0.2, 0.25) is 0 Å². The first kappa shape index (κ1) is 15.1. The van der Waals surface area contributed by atoms with Crippen LogP contribution in [0.4, 0.5) is 0 Å². The fourth-order valence-corrected chi connectivity index (χ4v) is 4.49. The molecule has 0 aliphatic heterocycles. The van der Waals surface area contributed by atoms with Crippen molar-refractivity contribution in [1.82, 2.24) is 19.5 Å². The summed E-state index contributed by atoms with van der Waals surface area (Å²) in [5.74, 6) is 0.625. The summed E-state index contributed by atoms with van der Waals surface area (Å²) in [6.07, 6.45) is 2.56. The maximum absolute atomic E-state index is 12.3. The number of thiophene rings is 1. The van der Waals surface area contributed by atoms with Gasteiger partial charge in [-0.1, -0.05) is 6.92 Å². The number of nitrogens with zero attached hydrogens (tertiary/aromatic N) is 3. The molecule has 0 saturated carbocycles. The maximum atomic E-state index is 12.3. The Bertz CT molecular complexity index is 688. The molecule has 0 unspecified atom stereocenters. The van der Waals surface area contributed by atoms with Gasteiger partial charge in [0.15, 0.2) is 0 Å². The Kier molecular flexibility index (Phi) is 4.56. The van der Waals surface area contributed by atoms with Crippen molar-refractivity contribution in [2.75, 3.05) is 0 Å². The van der Waals surface area contributed by atoms with E-state index < -0.39 is 10.0 Å². The molecule has 0 atom stereocenters. The van der Waals surface area contributed by atoms with E-state index in [0.717, 1.165) is 22.7 Å². The lowest BCUT2D eigenvalue weighted by molar-refractivity contribution is 0.571. The van der Waals surface area contributed by atoms with Crippen molar-refractivity contribution in [3.8, 4) is 0 Å². The molecule has 110 valence electrons. The van der Waals surface area contributed by atoms with Crippen molar-refractivity contribution in [2.24, 2.45) is 0 Å². The topological polar surface area (TPSA) is 76.9 Å². The van der Waals surface area contributed by atoms with Gasteiger partial charge in [-0.15, -0.1) is 21.5 Å². The second-order valence-electron chi connectivity index (χ2n) is 4.54. The second-order valence-corrected chi connectivity index (χ2v) is 7.74. The Morgan fingerprint density at radius 1 is 1.40 bits per heavy atom. The summed E-state index contributed by atoms with van der Waals surface area (Å²) in [5.41, 5.74) is 0. The van der Waals surface area contributed by atoms with Gasteiger partial charge in [0.2, 0.25) is 10.0 Å². The van der Waals surface area contributed by atoms with Crippen LogP contribution in [0, 0.1) is 13.8 Å². The highest BCUT2D eigenvalue weighted by molar-refractivity contribution is 7.89. The molecule has 1 N–H and O–H groups in total. The van der Waals surface area contributed by atoms with Crippen LogP contribution in [-0.4, -0.2) is 23.2 Å². The first-order chi connectivity index (χ1) is 9.44. The normalized spacial score (nSPS) is 11.9. The van der Waals surface area contributed by atoms with Crippen LogP contribution >= 0.6 is 11.3 Å². The summed E-state index contributed by atoms with van der Waals surface area (Å²) in [5, 5.41) is 7.76. The van der Waals surface area contributed by atoms with Crippen molar-refractivity contribution in [3.63, 3.8) is 0 Å². The maximum Gasteiger partial charge on any atom is 0.242 e. The first-order valence-corrected chi connectivity index (χ1v) is 8.67. The molecule has 0 fully saturated rings. The van der Waals surface area contributed by atoms with Gasteiger partial charge in [-0.25, -0.2) is 13.1 Å². The number of aromatic nitrogens is 3. The van der Waals surface area contributed by atoms with Crippen LogP contribution in [0.15, 0.2) is 17.3 Å². The molecule has 0 saturated heterocycles. The van der Waals surface area contributed by atoms with Gasteiger partial charge >= 0.3 is 0 Å². The summed E-state index contributed by atoms with van der Waals surface area (Å²) in [7, 11) is -3.50. The van der Waals surface area contributed by atoms with Gasteiger partial charge < -0.3 is 4.57 Å². The van der Waals surface area contributed by atoms with Gasteiger partial charge in [0, 0.05) is 16.3 Å². The molecule has 2 rings (SSSR count). The van der Waals surface area contributed by atoms with E-state index in [9.17, 15) is 8.42 Å². The van der Waals surface area contributed by atoms with E-state index in [1.807, 2.05) is 25.3 Å². The molecule has 0 radical (unpaired) electrons. The Balaban J connectivity index is 2.13. The summed E-state index contributed by atoms with van der Waals surface area (Å²) in [6, 6.07) is 1.69. The molecular weight excluding hydrogens is 296 g/mol. The predicted molar refractivity (Wildman–Crippen MR) is 78.1 cm³/mol. The molecule has 8 heteroatoms. The zero-order chi connectivity index (χ0) is 14.8. The minimum atomic E-state index is -3.50. The third-order valence-electron chi connectivity index (χ3n) is 2.87. The van der Waals surface area contributed by atoms with E-state index in [-0.39, 0.29) is 6.54 Å². The van der Waals surface area contributed by atoms with Crippen LogP contribution in [0.25, 0.3) is 0 Å². The van der Waals surface area contributed by atoms with E-state index in [2.05, 4.69) is 14.9 Å². The fourth-order valence-electron chi connectivity index (χ4n) is 1.96. The molecule has 0 aliphatic carbocycles. The smallest absolute Gasteiger partial charge is 0.242 e. The van der Waals surface area contributed by atoms with Crippen LogP contribution in [0.5, 0.6) is 0 Å². The van der Waals surface area contributed by atoms with Crippen LogP contribution in [0.1, 0.15) is 28.9 Å². The number of hydrogen-bond donors (Lipinski definition) is 1. The number of aryl methyl sites for hydroxylation is 3. The van der Waals surface area contributed by atoms with Gasteiger partial charge in [-0.2, -0.15) is 0 Å². The third-order valence-corrected chi connectivity index (χ3v) is 5.49. The number of sulfonamides is 1. The number of rotatable bonds is 6. The highest BCUT2D eigenvalue weighted by Gasteiger charge is 2.19. The predicted octanol–water partition coefficient (Wildman–Crippen LogP) is 1.84. The minimum Gasteiger partial charge on any atom is -0.316 e. The quantitative estimate of drug-likeness (QED) is 0.882. The Morgan fingerprint density at radius 3 is 2.75 bits per heavy atom. The lowest BCUT2D eigenvalue weighted by Gasteiger charge is -2.07. The second kappa shape index (κ2) is 6.02. The fraction of sp³-hybridized carbons (Fsp3) is 0.500. The van der Waals surface area contributed by atoms with Gasteiger partial charge in [-0.3, -0.25) is 0 Å². The van der Waals surface area contributed by atoms with Crippen molar-refractivity contribution >= 4 is 21.4 Å². The third kappa shape index (κ3) is 3.25. The first-order valence-electron chi connectivity index (χ1n) is 6.37. The summed E-state index contributed by atoms with van der Waals surface area (Å²) in [6.45, 7) is 6.68. The monoisotopic (exact) mass is 314 g/mol. The van der Waals surface area contributed by atoms with Crippen molar-refractivity contribution in [1.29, 1.82) is 0 Å². The van der Waals surface area contributed by atoms with E-state index in [4.69, 9.17) is 0 Å². The van der Waals surface area contributed by atoms with Gasteiger partial charge in [0.05, 0.1) is 11.4 Å². The Hall–Kier alpha value is -1.25. The van der Waals surface area contributed by atoms with Crippen LogP contribution in [-0.2, 0) is 23.1 Å². The molecule has 20 heavy (non-hydrogen) atoms. The standard InChI is InChI=1S/C12H18N4O2S2/c1-4-5-16-8-13-15-12(16)7-14-20(17,18)11-6-9(2)19-10(11)3/h6,8,14H,4-5,7H2,1-3H3. The summed E-state index contributed by atoms with van der Waals surface area (Å²) < 4.78 is 29.0. The molecule has 0 aliphatic rings. The summed E-state index contributed by atoms with van der Waals surface area (Å²) in [4.78, 5) is 2.13. The SMILES string of the molecule is CCCn1cnnc1CNS(=O)(=O)c1cc(C)sc1C. The highest BCUT2D eigenvalue weighted by atomic mass is 32.2. The molecule has 0 bridgehead atoms. The van der Waals surface area contributed by atoms with E-state index in [1.54, 1.807) is 12.4 Å². The van der Waals surface area contributed by atoms with E-state index >= 15 is 0 Å². The highest BCUT2D eigenvalue weighted by Crippen LogP contribution is 2.24. The lowest BCUT2D eigenvalue weighted by atomic mass is 10.4. The molecular formula is C12H18N4O2S2. The molecule has 2 heterocycles. The Morgan fingerprint density at radius 2 is 2.15 bits per heavy atom. The average molecular weight is 314 g/mol. The number of nitrogens with one attached hydrogen (secondary N) is 1.